The molecule has 2 bridgehead atoms. The van der Waals surface area contributed by atoms with Gasteiger partial charge in [0.2, 0.25) is 0 Å². The van der Waals surface area contributed by atoms with E-state index in [1.807, 2.05) is 85.1 Å². The minimum Gasteiger partial charge on any atom is -0.497 e. The molecule has 0 spiro atoms. The second-order valence-corrected chi connectivity index (χ2v) is 10.5. The molecular formula is C33H34N2O3. The van der Waals surface area contributed by atoms with E-state index in [9.17, 15) is 4.79 Å². The van der Waals surface area contributed by atoms with Crippen LogP contribution in [0.15, 0.2) is 85.1 Å². The summed E-state index contributed by atoms with van der Waals surface area (Å²) in [6, 6.07) is 25.8. The highest BCUT2D eigenvalue weighted by Crippen LogP contribution is 2.44. The molecule has 1 aromatic heterocycles. The van der Waals surface area contributed by atoms with E-state index in [0.717, 1.165) is 52.9 Å². The van der Waals surface area contributed by atoms with Crippen LogP contribution < -0.4 is 4.74 Å². The Morgan fingerprint density at radius 1 is 1.05 bits per heavy atom. The fourth-order valence-corrected chi connectivity index (χ4v) is 6.54. The van der Waals surface area contributed by atoms with E-state index < -0.39 is 6.10 Å². The highest BCUT2D eigenvalue weighted by molar-refractivity contribution is 5.97. The van der Waals surface area contributed by atoms with Crippen molar-refractivity contribution in [3.8, 4) is 16.9 Å². The third kappa shape index (κ3) is 4.56. The van der Waals surface area contributed by atoms with E-state index in [1.165, 1.54) is 12.8 Å². The zero-order chi connectivity index (χ0) is 26.1. The SMILES string of the molecule is CC[C@H]1CN2CC[C@H]1C[C@@H]2[C@@H](OC(=O)c1ccccc1-c1ccccc1)c1ccnc2ccc(OC)cc12. The molecule has 1 unspecified atom stereocenters. The van der Waals surface area contributed by atoms with Gasteiger partial charge in [-0.25, -0.2) is 4.79 Å². The van der Waals surface area contributed by atoms with E-state index in [0.29, 0.717) is 17.4 Å². The van der Waals surface area contributed by atoms with Gasteiger partial charge in [0.05, 0.1) is 24.2 Å². The van der Waals surface area contributed by atoms with Crippen LogP contribution in [0.3, 0.4) is 0 Å². The van der Waals surface area contributed by atoms with Crippen molar-refractivity contribution in [1.29, 1.82) is 0 Å². The van der Waals surface area contributed by atoms with Gasteiger partial charge in [0.25, 0.3) is 0 Å². The lowest BCUT2D eigenvalue weighted by Gasteiger charge is -2.51. The molecule has 3 aliphatic rings. The molecule has 4 heterocycles. The smallest absolute Gasteiger partial charge is 0.339 e. The van der Waals surface area contributed by atoms with Gasteiger partial charge in [-0.3, -0.25) is 9.88 Å². The predicted molar refractivity (Wildman–Crippen MR) is 150 cm³/mol. The average Bonchev–Trinajstić information content (AvgIpc) is 2.99. The minimum atomic E-state index is -0.412. The number of rotatable bonds is 7. The number of carbonyl (C=O) groups is 1. The lowest BCUT2D eigenvalue weighted by molar-refractivity contribution is -0.0659. The van der Waals surface area contributed by atoms with Crippen molar-refractivity contribution < 1.29 is 14.3 Å². The maximum atomic E-state index is 14.0. The molecule has 0 saturated carbocycles. The number of ether oxygens (including phenoxy) is 2. The van der Waals surface area contributed by atoms with Gasteiger partial charge in [0, 0.05) is 23.7 Å². The zero-order valence-corrected chi connectivity index (χ0v) is 22.0. The first-order chi connectivity index (χ1) is 18.7. The zero-order valence-electron chi connectivity index (χ0n) is 22.0. The van der Waals surface area contributed by atoms with Gasteiger partial charge in [0.1, 0.15) is 11.9 Å². The standard InChI is InChI=1S/C33H34N2O3/c1-3-22-21-35-18-16-24(22)19-31(35)32(27-15-17-34-30-14-13-25(37-2)20-29(27)30)38-33(36)28-12-8-7-11-26(28)23-9-5-4-6-10-23/h4-15,17,20,22,24,31-32H,3,16,18-19,21H2,1-2H3/t22-,24-,31+,32-/m0/s1. The summed E-state index contributed by atoms with van der Waals surface area (Å²) in [6.45, 7) is 4.40. The van der Waals surface area contributed by atoms with Crippen LogP contribution in [0.5, 0.6) is 5.75 Å². The molecule has 0 aliphatic carbocycles. The van der Waals surface area contributed by atoms with Crippen LogP contribution in [0.1, 0.15) is 48.2 Å². The van der Waals surface area contributed by atoms with Gasteiger partial charge >= 0.3 is 5.97 Å². The molecule has 0 N–H and O–H groups in total. The third-order valence-electron chi connectivity index (χ3n) is 8.56. The first kappa shape index (κ1) is 24.6. The summed E-state index contributed by atoms with van der Waals surface area (Å²) in [7, 11) is 1.67. The van der Waals surface area contributed by atoms with Gasteiger partial charge in [-0.2, -0.15) is 0 Å². The fraction of sp³-hybridized carbons (Fsp3) is 0.333. The number of carbonyl (C=O) groups excluding carboxylic acids is 1. The Hall–Kier alpha value is -3.70. The summed E-state index contributed by atoms with van der Waals surface area (Å²) in [5.41, 5.74) is 4.33. The van der Waals surface area contributed by atoms with Gasteiger partial charge in [0.15, 0.2) is 0 Å². The van der Waals surface area contributed by atoms with Crippen molar-refractivity contribution in [3.63, 3.8) is 0 Å². The molecule has 4 aromatic rings. The Balaban J connectivity index is 1.42. The number of pyridine rings is 1. The summed E-state index contributed by atoms with van der Waals surface area (Å²) in [4.78, 5) is 21.1. The number of hydrogen-bond donors (Lipinski definition) is 0. The fourth-order valence-electron chi connectivity index (χ4n) is 6.54. The maximum absolute atomic E-state index is 14.0. The first-order valence-corrected chi connectivity index (χ1v) is 13.7. The third-order valence-corrected chi connectivity index (χ3v) is 8.56. The van der Waals surface area contributed by atoms with Crippen LogP contribution in [0, 0.1) is 11.8 Å². The molecular weight excluding hydrogens is 472 g/mol. The highest BCUT2D eigenvalue weighted by atomic mass is 16.5. The van der Waals surface area contributed by atoms with Crippen molar-refractivity contribution in [1.82, 2.24) is 9.88 Å². The number of aromatic nitrogens is 1. The molecule has 5 heteroatoms. The van der Waals surface area contributed by atoms with E-state index in [1.54, 1.807) is 7.11 Å². The van der Waals surface area contributed by atoms with E-state index in [4.69, 9.17) is 9.47 Å². The molecule has 38 heavy (non-hydrogen) atoms. The molecule has 194 valence electrons. The normalized spacial score (nSPS) is 23.2. The number of esters is 1. The first-order valence-electron chi connectivity index (χ1n) is 13.7. The van der Waals surface area contributed by atoms with Crippen molar-refractivity contribution in [2.24, 2.45) is 11.8 Å². The van der Waals surface area contributed by atoms with Gasteiger partial charge < -0.3 is 9.47 Å². The number of piperidine rings is 3. The monoisotopic (exact) mass is 506 g/mol. The van der Waals surface area contributed by atoms with E-state index >= 15 is 0 Å². The molecule has 0 radical (unpaired) electrons. The number of methoxy groups -OCH3 is 1. The van der Waals surface area contributed by atoms with Crippen LogP contribution in [-0.2, 0) is 4.74 Å². The van der Waals surface area contributed by atoms with Gasteiger partial charge in [-0.15, -0.1) is 0 Å². The van der Waals surface area contributed by atoms with E-state index in [2.05, 4.69) is 16.8 Å². The summed E-state index contributed by atoms with van der Waals surface area (Å²) in [6.07, 6.45) is 4.86. The molecule has 3 aliphatic heterocycles. The van der Waals surface area contributed by atoms with Crippen LogP contribution in [0.4, 0.5) is 0 Å². The lowest BCUT2D eigenvalue weighted by Crippen LogP contribution is -2.55. The largest absolute Gasteiger partial charge is 0.497 e. The van der Waals surface area contributed by atoms with Crippen molar-refractivity contribution in [2.45, 2.75) is 38.3 Å². The Kier molecular flexibility index (Phi) is 6.86. The topological polar surface area (TPSA) is 51.7 Å². The van der Waals surface area contributed by atoms with Gasteiger partial charge in [-0.05, 0) is 72.7 Å². The predicted octanol–water partition coefficient (Wildman–Crippen LogP) is 6.93. The quantitative estimate of drug-likeness (QED) is 0.255. The average molecular weight is 507 g/mol. The van der Waals surface area contributed by atoms with Crippen LogP contribution in [0.25, 0.3) is 22.0 Å². The van der Waals surface area contributed by atoms with Crippen LogP contribution in [0.2, 0.25) is 0 Å². The molecule has 7 rings (SSSR count). The van der Waals surface area contributed by atoms with Crippen LogP contribution in [-0.4, -0.2) is 42.1 Å². The Morgan fingerprint density at radius 2 is 1.87 bits per heavy atom. The van der Waals surface area contributed by atoms with Crippen molar-refractivity contribution in [3.05, 3.63) is 96.2 Å². The molecule has 5 nitrogen and oxygen atoms in total. The minimum absolute atomic E-state index is 0.126. The molecule has 5 atom stereocenters. The van der Waals surface area contributed by atoms with E-state index in [-0.39, 0.29) is 12.0 Å². The lowest BCUT2D eigenvalue weighted by atomic mass is 9.72. The number of fused-ring (bicyclic) bond motifs is 4. The van der Waals surface area contributed by atoms with Gasteiger partial charge in [-0.1, -0.05) is 61.9 Å². The maximum Gasteiger partial charge on any atom is 0.339 e. The molecule has 0 amide bonds. The summed E-state index contributed by atoms with van der Waals surface area (Å²) in [5.74, 6) is 1.85. The molecule has 3 saturated heterocycles. The summed E-state index contributed by atoms with van der Waals surface area (Å²) < 4.78 is 12.1. The molecule has 3 fully saturated rings. The van der Waals surface area contributed by atoms with Crippen molar-refractivity contribution in [2.75, 3.05) is 20.2 Å². The van der Waals surface area contributed by atoms with Crippen molar-refractivity contribution >= 4 is 16.9 Å². The Bertz CT molecular complexity index is 1440. The Morgan fingerprint density at radius 3 is 2.63 bits per heavy atom. The summed E-state index contributed by atoms with van der Waals surface area (Å²) >= 11 is 0. The highest BCUT2D eigenvalue weighted by Gasteiger charge is 2.44. The summed E-state index contributed by atoms with van der Waals surface area (Å²) in [5, 5.41) is 0.968. The van der Waals surface area contributed by atoms with Crippen LogP contribution >= 0.6 is 0 Å². The molecule has 3 aromatic carbocycles. The Labute approximate surface area is 224 Å². The number of nitrogens with zero attached hydrogens (tertiary/aromatic N) is 2. The number of benzene rings is 3. The second-order valence-electron chi connectivity index (χ2n) is 10.5. The number of hydrogen-bond acceptors (Lipinski definition) is 5. The second kappa shape index (κ2) is 10.6.